The quantitative estimate of drug-likeness (QED) is 0.767. The first-order valence-corrected chi connectivity index (χ1v) is 8.86. The summed E-state index contributed by atoms with van der Waals surface area (Å²) >= 11 is 0. The van der Waals surface area contributed by atoms with Gasteiger partial charge in [-0.2, -0.15) is 5.26 Å². The lowest BCUT2D eigenvalue weighted by molar-refractivity contribution is -0.157. The summed E-state index contributed by atoms with van der Waals surface area (Å²) in [6.07, 6.45) is 0.289. The molecule has 2 aliphatic rings. The maximum atomic E-state index is 13.2. The number of carbonyl (C=O) groups is 3. The van der Waals surface area contributed by atoms with E-state index in [1.807, 2.05) is 0 Å². The molecule has 7 heteroatoms. The van der Waals surface area contributed by atoms with Crippen molar-refractivity contribution in [2.45, 2.75) is 25.1 Å². The number of hydrogen-bond acceptors (Lipinski definition) is 5. The highest BCUT2D eigenvalue weighted by Crippen LogP contribution is 2.44. The van der Waals surface area contributed by atoms with Gasteiger partial charge in [-0.05, 0) is 18.2 Å². The highest BCUT2D eigenvalue weighted by molar-refractivity contribution is 6.15. The van der Waals surface area contributed by atoms with Crippen LogP contribution < -0.4 is 4.90 Å². The molecule has 0 N–H and O–H groups in total. The van der Waals surface area contributed by atoms with E-state index >= 15 is 0 Å². The number of anilines is 1. The fourth-order valence-electron chi connectivity index (χ4n) is 3.90. The van der Waals surface area contributed by atoms with E-state index in [9.17, 15) is 19.6 Å². The molecular formula is C21H17N3O4. The molecule has 7 nitrogen and oxygen atoms in total. The zero-order valence-corrected chi connectivity index (χ0v) is 15.2. The number of rotatable bonds is 3. The van der Waals surface area contributed by atoms with Gasteiger partial charge < -0.3 is 9.64 Å². The van der Waals surface area contributed by atoms with Crippen LogP contribution in [0.3, 0.4) is 0 Å². The number of ether oxygens (including phenoxy) is 1. The van der Waals surface area contributed by atoms with Crippen LogP contribution in [0.5, 0.6) is 0 Å². The van der Waals surface area contributed by atoms with E-state index in [0.29, 0.717) is 22.4 Å². The van der Waals surface area contributed by atoms with E-state index in [-0.39, 0.29) is 31.3 Å². The number of benzene rings is 2. The number of nitrogens with zero attached hydrogens (tertiary/aromatic N) is 3. The smallest absolute Gasteiger partial charge is 0.354 e. The van der Waals surface area contributed by atoms with Crippen molar-refractivity contribution in [2.75, 3.05) is 11.9 Å². The Kier molecular flexibility index (Phi) is 4.12. The number of hydrogen-bond donors (Lipinski definition) is 0. The van der Waals surface area contributed by atoms with Crippen LogP contribution in [0.4, 0.5) is 5.69 Å². The van der Waals surface area contributed by atoms with E-state index in [1.165, 1.54) is 16.8 Å². The van der Waals surface area contributed by atoms with Crippen molar-refractivity contribution in [2.24, 2.45) is 0 Å². The molecule has 4 rings (SSSR count). The van der Waals surface area contributed by atoms with Gasteiger partial charge in [0.15, 0.2) is 0 Å². The number of likely N-dealkylation sites (N-methyl/N-ethyl adjacent to an activating group) is 1. The number of esters is 1. The van der Waals surface area contributed by atoms with Crippen LogP contribution in [0.15, 0.2) is 48.5 Å². The highest BCUT2D eigenvalue weighted by atomic mass is 16.5. The van der Waals surface area contributed by atoms with Crippen LogP contribution in [-0.4, -0.2) is 35.4 Å². The van der Waals surface area contributed by atoms with Crippen LogP contribution in [0.1, 0.15) is 34.3 Å². The van der Waals surface area contributed by atoms with Crippen molar-refractivity contribution in [1.82, 2.24) is 4.90 Å². The third-order valence-electron chi connectivity index (χ3n) is 5.37. The predicted octanol–water partition coefficient (Wildman–Crippen LogP) is 2.21. The summed E-state index contributed by atoms with van der Waals surface area (Å²) in [7, 11) is 1.51. The van der Waals surface area contributed by atoms with Gasteiger partial charge in [0.1, 0.15) is 6.61 Å². The Morgan fingerprint density at radius 2 is 1.89 bits per heavy atom. The molecular weight excluding hydrogens is 358 g/mol. The second kappa shape index (κ2) is 6.50. The molecule has 2 aromatic rings. The first-order chi connectivity index (χ1) is 13.5. The molecule has 0 unspecified atom stereocenters. The standard InChI is InChI=1S/C21H17N3O4/c1-23-19(26)16-8-4-5-9-17(16)24-18(25)10-11-21(23,24)20(27)28-13-15-7-3-2-6-14(15)12-22/h2-9H,10-11,13H2,1H3/t21-/m1/s1. The van der Waals surface area contributed by atoms with E-state index < -0.39 is 11.6 Å². The maximum Gasteiger partial charge on any atom is 0.354 e. The molecule has 28 heavy (non-hydrogen) atoms. The molecule has 2 aromatic carbocycles. The monoisotopic (exact) mass is 375 g/mol. The summed E-state index contributed by atoms with van der Waals surface area (Å²) < 4.78 is 5.52. The number of amides is 2. The Bertz CT molecular complexity index is 1040. The van der Waals surface area contributed by atoms with Crippen LogP contribution in [-0.2, 0) is 20.9 Å². The van der Waals surface area contributed by atoms with Gasteiger partial charge in [-0.25, -0.2) is 4.79 Å². The first kappa shape index (κ1) is 17.7. The summed E-state index contributed by atoms with van der Waals surface area (Å²) in [6.45, 7) is -0.115. The molecule has 2 aliphatic heterocycles. The minimum absolute atomic E-state index is 0.115. The maximum absolute atomic E-state index is 13.2. The summed E-state index contributed by atoms with van der Waals surface area (Å²) in [6, 6.07) is 15.6. The lowest BCUT2D eigenvalue weighted by atomic mass is 9.97. The van der Waals surface area contributed by atoms with Gasteiger partial charge >= 0.3 is 5.97 Å². The SMILES string of the molecule is CN1C(=O)c2ccccc2N2C(=O)CC[C@@]12C(=O)OCc1ccccc1C#N. The molecule has 0 saturated carbocycles. The largest absolute Gasteiger partial charge is 0.458 e. The molecule has 1 atom stereocenters. The molecule has 2 amide bonds. The molecule has 2 heterocycles. The lowest BCUT2D eigenvalue weighted by Crippen LogP contribution is -2.67. The van der Waals surface area contributed by atoms with Crippen molar-refractivity contribution in [3.8, 4) is 6.07 Å². The molecule has 1 fully saturated rings. The van der Waals surface area contributed by atoms with Gasteiger partial charge in [0.25, 0.3) is 5.91 Å². The minimum atomic E-state index is -1.51. The van der Waals surface area contributed by atoms with E-state index in [0.717, 1.165) is 0 Å². The predicted molar refractivity (Wildman–Crippen MR) is 98.9 cm³/mol. The van der Waals surface area contributed by atoms with E-state index in [1.54, 1.807) is 48.5 Å². The van der Waals surface area contributed by atoms with Crippen molar-refractivity contribution in [3.63, 3.8) is 0 Å². The van der Waals surface area contributed by atoms with Gasteiger partial charge in [-0.3, -0.25) is 14.5 Å². The summed E-state index contributed by atoms with van der Waals surface area (Å²) in [4.78, 5) is 41.4. The van der Waals surface area contributed by atoms with Crippen molar-refractivity contribution in [3.05, 3.63) is 65.2 Å². The molecule has 0 radical (unpaired) electrons. The van der Waals surface area contributed by atoms with Gasteiger partial charge in [0.05, 0.1) is 22.9 Å². The number of fused-ring (bicyclic) bond motifs is 3. The summed E-state index contributed by atoms with van der Waals surface area (Å²) in [5.74, 6) is -1.26. The zero-order chi connectivity index (χ0) is 19.9. The third-order valence-corrected chi connectivity index (χ3v) is 5.37. The van der Waals surface area contributed by atoms with E-state index in [4.69, 9.17) is 4.74 Å². The Labute approximate surface area is 161 Å². The molecule has 140 valence electrons. The normalized spacial score (nSPS) is 20.4. The fraction of sp³-hybridized carbons (Fsp3) is 0.238. The van der Waals surface area contributed by atoms with Crippen LogP contribution in [0.25, 0.3) is 0 Å². The van der Waals surface area contributed by atoms with Gasteiger partial charge in [0, 0.05) is 25.5 Å². The second-order valence-corrected chi connectivity index (χ2v) is 6.77. The third kappa shape index (κ3) is 2.38. The van der Waals surface area contributed by atoms with Crippen molar-refractivity contribution >= 4 is 23.5 Å². The first-order valence-electron chi connectivity index (χ1n) is 8.86. The molecule has 0 spiro atoms. The topological polar surface area (TPSA) is 90.7 Å². The van der Waals surface area contributed by atoms with Crippen molar-refractivity contribution < 1.29 is 19.1 Å². The Morgan fingerprint density at radius 1 is 1.18 bits per heavy atom. The Hall–Kier alpha value is -3.66. The molecule has 0 bridgehead atoms. The minimum Gasteiger partial charge on any atom is -0.458 e. The fourth-order valence-corrected chi connectivity index (χ4v) is 3.90. The average Bonchev–Trinajstić information content (AvgIpc) is 3.09. The average molecular weight is 375 g/mol. The Morgan fingerprint density at radius 3 is 2.68 bits per heavy atom. The molecule has 0 aromatic heterocycles. The van der Waals surface area contributed by atoms with Crippen LogP contribution in [0, 0.1) is 11.3 Å². The number of para-hydroxylation sites is 1. The molecule has 0 aliphatic carbocycles. The highest BCUT2D eigenvalue weighted by Gasteiger charge is 2.60. The summed E-state index contributed by atoms with van der Waals surface area (Å²) in [5.41, 5.74) is 0.256. The van der Waals surface area contributed by atoms with E-state index in [2.05, 4.69) is 6.07 Å². The summed E-state index contributed by atoms with van der Waals surface area (Å²) in [5, 5.41) is 9.21. The Balaban J connectivity index is 1.71. The van der Waals surface area contributed by atoms with Crippen LogP contribution in [0.2, 0.25) is 0 Å². The lowest BCUT2D eigenvalue weighted by Gasteiger charge is -2.46. The van der Waals surface area contributed by atoms with Crippen LogP contribution >= 0.6 is 0 Å². The second-order valence-electron chi connectivity index (χ2n) is 6.77. The molecule has 1 saturated heterocycles. The van der Waals surface area contributed by atoms with Gasteiger partial charge in [-0.1, -0.05) is 30.3 Å². The number of nitriles is 1. The number of carbonyl (C=O) groups excluding carboxylic acids is 3. The van der Waals surface area contributed by atoms with Gasteiger partial charge in [-0.15, -0.1) is 0 Å². The zero-order valence-electron chi connectivity index (χ0n) is 15.2. The van der Waals surface area contributed by atoms with Crippen molar-refractivity contribution in [1.29, 1.82) is 5.26 Å². The van der Waals surface area contributed by atoms with Gasteiger partial charge in [0.2, 0.25) is 11.6 Å².